The van der Waals surface area contributed by atoms with Crippen molar-refractivity contribution in [1.82, 2.24) is 5.32 Å². The summed E-state index contributed by atoms with van der Waals surface area (Å²) in [5.41, 5.74) is 2.97. The monoisotopic (exact) mass is 289 g/mol. The van der Waals surface area contributed by atoms with Crippen molar-refractivity contribution in [1.29, 1.82) is 0 Å². The van der Waals surface area contributed by atoms with Gasteiger partial charge in [0.25, 0.3) is 0 Å². The van der Waals surface area contributed by atoms with E-state index in [4.69, 9.17) is 0 Å². The van der Waals surface area contributed by atoms with Crippen molar-refractivity contribution < 1.29 is 4.79 Å². The molecule has 0 aromatic heterocycles. The van der Waals surface area contributed by atoms with Gasteiger partial charge in [-0.25, -0.2) is 0 Å². The SMILES string of the molecule is CCC1(C(=O)Nc2ccc(N(C)C)cc2C)CCNCC1. The van der Waals surface area contributed by atoms with Crippen LogP contribution in [0.3, 0.4) is 0 Å². The quantitative estimate of drug-likeness (QED) is 0.896. The summed E-state index contributed by atoms with van der Waals surface area (Å²) < 4.78 is 0. The lowest BCUT2D eigenvalue weighted by atomic mass is 9.76. The van der Waals surface area contributed by atoms with E-state index in [0.29, 0.717) is 0 Å². The lowest BCUT2D eigenvalue weighted by Gasteiger charge is -2.35. The van der Waals surface area contributed by atoms with Crippen LogP contribution in [-0.2, 0) is 4.79 Å². The van der Waals surface area contributed by atoms with Gasteiger partial charge in [0.15, 0.2) is 0 Å². The number of nitrogens with zero attached hydrogens (tertiary/aromatic N) is 1. The van der Waals surface area contributed by atoms with Crippen LogP contribution in [0.15, 0.2) is 18.2 Å². The van der Waals surface area contributed by atoms with Crippen molar-refractivity contribution in [3.63, 3.8) is 0 Å². The highest BCUT2D eigenvalue weighted by molar-refractivity contribution is 5.96. The lowest BCUT2D eigenvalue weighted by Crippen LogP contribution is -2.44. The van der Waals surface area contributed by atoms with E-state index in [2.05, 4.69) is 28.5 Å². The molecule has 1 aromatic carbocycles. The largest absolute Gasteiger partial charge is 0.378 e. The average molecular weight is 289 g/mol. The van der Waals surface area contributed by atoms with Gasteiger partial charge in [0.2, 0.25) is 5.91 Å². The maximum atomic E-state index is 12.7. The lowest BCUT2D eigenvalue weighted by molar-refractivity contribution is -0.127. The summed E-state index contributed by atoms with van der Waals surface area (Å²) in [6, 6.07) is 6.16. The molecule has 2 N–H and O–H groups in total. The minimum atomic E-state index is -0.210. The highest BCUT2D eigenvalue weighted by Crippen LogP contribution is 2.34. The molecule has 2 rings (SSSR count). The zero-order valence-electron chi connectivity index (χ0n) is 13.6. The van der Waals surface area contributed by atoms with Crippen LogP contribution in [0.1, 0.15) is 31.7 Å². The third-order valence-corrected chi connectivity index (χ3v) is 4.69. The minimum absolute atomic E-state index is 0.173. The molecule has 1 heterocycles. The summed E-state index contributed by atoms with van der Waals surface area (Å²) in [6.07, 6.45) is 2.74. The smallest absolute Gasteiger partial charge is 0.230 e. The van der Waals surface area contributed by atoms with Crippen LogP contribution in [0.2, 0.25) is 0 Å². The predicted molar refractivity (Wildman–Crippen MR) is 89.0 cm³/mol. The Balaban J connectivity index is 2.15. The molecule has 0 spiro atoms. The van der Waals surface area contributed by atoms with Crippen LogP contribution < -0.4 is 15.5 Å². The summed E-state index contributed by atoms with van der Waals surface area (Å²) in [6.45, 7) is 6.02. The van der Waals surface area contributed by atoms with E-state index in [-0.39, 0.29) is 11.3 Å². The van der Waals surface area contributed by atoms with Crippen molar-refractivity contribution in [3.05, 3.63) is 23.8 Å². The van der Waals surface area contributed by atoms with Crippen molar-refractivity contribution in [2.24, 2.45) is 5.41 Å². The molecule has 0 atom stereocenters. The van der Waals surface area contributed by atoms with Gasteiger partial charge in [0, 0.05) is 25.5 Å². The number of benzene rings is 1. The predicted octanol–water partition coefficient (Wildman–Crippen LogP) is 2.78. The first kappa shape index (κ1) is 15.8. The van der Waals surface area contributed by atoms with Crippen LogP contribution >= 0.6 is 0 Å². The Labute approximate surface area is 127 Å². The Morgan fingerprint density at radius 1 is 1.33 bits per heavy atom. The normalized spacial score (nSPS) is 17.3. The van der Waals surface area contributed by atoms with Gasteiger partial charge in [-0.05, 0) is 63.0 Å². The number of carbonyl (C=O) groups excluding carboxylic acids is 1. The van der Waals surface area contributed by atoms with E-state index in [1.165, 1.54) is 0 Å². The molecule has 0 bridgehead atoms. The summed E-state index contributed by atoms with van der Waals surface area (Å²) in [7, 11) is 4.04. The molecule has 0 saturated carbocycles. The number of amides is 1. The maximum absolute atomic E-state index is 12.7. The van der Waals surface area contributed by atoms with Gasteiger partial charge < -0.3 is 15.5 Å². The van der Waals surface area contributed by atoms with Gasteiger partial charge >= 0.3 is 0 Å². The summed E-state index contributed by atoms with van der Waals surface area (Å²) in [5.74, 6) is 0.173. The topological polar surface area (TPSA) is 44.4 Å². The van der Waals surface area contributed by atoms with Gasteiger partial charge in [0.05, 0.1) is 5.41 Å². The van der Waals surface area contributed by atoms with Crippen molar-refractivity contribution in [3.8, 4) is 0 Å². The van der Waals surface area contributed by atoms with Crippen molar-refractivity contribution in [2.75, 3.05) is 37.4 Å². The maximum Gasteiger partial charge on any atom is 0.230 e. The van der Waals surface area contributed by atoms with Gasteiger partial charge in [-0.2, -0.15) is 0 Å². The number of hydrogen-bond acceptors (Lipinski definition) is 3. The molecule has 1 aliphatic heterocycles. The molecular formula is C17H27N3O. The highest BCUT2D eigenvalue weighted by Gasteiger charge is 2.37. The van der Waals surface area contributed by atoms with E-state index >= 15 is 0 Å². The van der Waals surface area contributed by atoms with Crippen molar-refractivity contribution in [2.45, 2.75) is 33.1 Å². The Morgan fingerprint density at radius 2 is 2.00 bits per heavy atom. The number of aryl methyl sites for hydroxylation is 1. The van der Waals surface area contributed by atoms with E-state index < -0.39 is 0 Å². The first-order valence-electron chi connectivity index (χ1n) is 7.79. The van der Waals surface area contributed by atoms with Crippen LogP contribution in [0.25, 0.3) is 0 Å². The van der Waals surface area contributed by atoms with Gasteiger partial charge in [-0.1, -0.05) is 6.92 Å². The molecule has 21 heavy (non-hydrogen) atoms. The minimum Gasteiger partial charge on any atom is -0.378 e. The first-order valence-corrected chi connectivity index (χ1v) is 7.79. The van der Waals surface area contributed by atoms with Crippen LogP contribution in [-0.4, -0.2) is 33.1 Å². The molecule has 1 amide bonds. The number of nitrogens with one attached hydrogen (secondary N) is 2. The third kappa shape index (κ3) is 3.38. The molecule has 4 heteroatoms. The fourth-order valence-electron chi connectivity index (χ4n) is 2.97. The summed E-state index contributed by atoms with van der Waals surface area (Å²) in [4.78, 5) is 14.8. The zero-order valence-corrected chi connectivity index (χ0v) is 13.6. The van der Waals surface area contributed by atoms with Crippen LogP contribution in [0.5, 0.6) is 0 Å². The van der Waals surface area contributed by atoms with Crippen LogP contribution in [0.4, 0.5) is 11.4 Å². The van der Waals surface area contributed by atoms with Crippen molar-refractivity contribution >= 4 is 17.3 Å². The zero-order chi connectivity index (χ0) is 15.5. The highest BCUT2D eigenvalue weighted by atomic mass is 16.2. The second kappa shape index (κ2) is 6.48. The molecule has 4 nitrogen and oxygen atoms in total. The summed E-state index contributed by atoms with van der Waals surface area (Å²) in [5, 5.41) is 6.49. The Kier molecular flexibility index (Phi) is 4.88. The van der Waals surface area contributed by atoms with E-state index in [9.17, 15) is 4.79 Å². The fourth-order valence-corrected chi connectivity index (χ4v) is 2.97. The van der Waals surface area contributed by atoms with Gasteiger partial charge in [-0.15, -0.1) is 0 Å². The van der Waals surface area contributed by atoms with E-state index in [0.717, 1.165) is 49.3 Å². The number of rotatable bonds is 4. The number of piperidine rings is 1. The van der Waals surface area contributed by atoms with Gasteiger partial charge in [0.1, 0.15) is 0 Å². The van der Waals surface area contributed by atoms with E-state index in [1.54, 1.807) is 0 Å². The Hall–Kier alpha value is -1.55. The Bertz CT molecular complexity index is 505. The standard InChI is InChI=1S/C17H27N3O/c1-5-17(8-10-18-11-9-17)16(21)19-15-7-6-14(20(3)4)12-13(15)2/h6-7,12,18H,5,8-11H2,1-4H3,(H,19,21). The molecule has 1 aliphatic rings. The van der Waals surface area contributed by atoms with Crippen LogP contribution in [0, 0.1) is 12.3 Å². The molecule has 116 valence electrons. The fraction of sp³-hybridized carbons (Fsp3) is 0.588. The van der Waals surface area contributed by atoms with E-state index in [1.807, 2.05) is 33.2 Å². The van der Waals surface area contributed by atoms with Gasteiger partial charge in [-0.3, -0.25) is 4.79 Å². The number of hydrogen-bond donors (Lipinski definition) is 2. The molecule has 1 saturated heterocycles. The number of carbonyl (C=O) groups is 1. The molecule has 0 aliphatic carbocycles. The first-order chi connectivity index (χ1) is 9.98. The Morgan fingerprint density at radius 3 is 2.52 bits per heavy atom. The second-order valence-electron chi connectivity index (χ2n) is 6.23. The second-order valence-corrected chi connectivity index (χ2v) is 6.23. The third-order valence-electron chi connectivity index (χ3n) is 4.69. The molecule has 0 unspecified atom stereocenters. The molecule has 1 fully saturated rings. The molecular weight excluding hydrogens is 262 g/mol. The average Bonchev–Trinajstić information content (AvgIpc) is 2.49. The summed E-state index contributed by atoms with van der Waals surface area (Å²) >= 11 is 0. The molecule has 1 aromatic rings. The molecule has 0 radical (unpaired) electrons. The number of anilines is 2.